The van der Waals surface area contributed by atoms with Crippen LogP contribution in [0, 0.1) is 0 Å². The second-order valence-corrected chi connectivity index (χ2v) is 5.77. The van der Waals surface area contributed by atoms with Gasteiger partial charge in [-0.25, -0.2) is 0 Å². The molecule has 0 amide bonds. The number of piperazine rings is 1. The van der Waals surface area contributed by atoms with Gasteiger partial charge < -0.3 is 10.1 Å². The van der Waals surface area contributed by atoms with Crippen LogP contribution >= 0.6 is 11.6 Å². The molecule has 1 aliphatic heterocycles. The summed E-state index contributed by atoms with van der Waals surface area (Å²) in [7, 11) is 1.73. The van der Waals surface area contributed by atoms with Gasteiger partial charge >= 0.3 is 0 Å². The maximum absolute atomic E-state index is 6.38. The van der Waals surface area contributed by atoms with Crippen LogP contribution in [0.5, 0.6) is 5.75 Å². The first-order valence-electron chi connectivity index (χ1n) is 6.91. The van der Waals surface area contributed by atoms with Crippen molar-refractivity contribution >= 4 is 11.6 Å². The van der Waals surface area contributed by atoms with E-state index in [1.807, 2.05) is 0 Å². The van der Waals surface area contributed by atoms with E-state index in [1.165, 1.54) is 5.56 Å². The lowest BCUT2D eigenvalue weighted by Gasteiger charge is -2.28. The Morgan fingerprint density at radius 1 is 1.32 bits per heavy atom. The van der Waals surface area contributed by atoms with Crippen molar-refractivity contribution in [1.29, 1.82) is 0 Å². The van der Waals surface area contributed by atoms with Crippen LogP contribution in [0.2, 0.25) is 5.02 Å². The van der Waals surface area contributed by atoms with Crippen LogP contribution in [0.25, 0.3) is 0 Å². The summed E-state index contributed by atoms with van der Waals surface area (Å²) in [5.74, 6) is 1.36. The first-order valence-corrected chi connectivity index (χ1v) is 7.29. The Morgan fingerprint density at radius 3 is 2.58 bits per heavy atom. The summed E-state index contributed by atoms with van der Waals surface area (Å²) in [6, 6.07) is 4.16. The highest BCUT2D eigenvalue weighted by Gasteiger charge is 2.16. The highest BCUT2D eigenvalue weighted by atomic mass is 35.5. The van der Waals surface area contributed by atoms with Crippen LogP contribution in [0.1, 0.15) is 30.9 Å². The van der Waals surface area contributed by atoms with Gasteiger partial charge in [0.1, 0.15) is 5.75 Å². The van der Waals surface area contributed by atoms with Gasteiger partial charge in [-0.15, -0.1) is 0 Å². The largest absolute Gasteiger partial charge is 0.496 e. The van der Waals surface area contributed by atoms with E-state index in [1.54, 1.807) is 7.11 Å². The monoisotopic (exact) mass is 282 g/mol. The number of rotatable bonds is 4. The second kappa shape index (κ2) is 6.60. The standard InChI is InChI=1S/C15H23ClN2O/c1-11(2)13-9-15(19-3)12(8-14(13)16)10-18-6-4-17-5-7-18/h8-9,11,17H,4-7,10H2,1-3H3. The first-order chi connectivity index (χ1) is 9.11. The molecule has 0 aromatic heterocycles. The Hall–Kier alpha value is -0.770. The molecule has 1 aromatic rings. The number of nitrogens with one attached hydrogen (secondary N) is 1. The van der Waals surface area contributed by atoms with E-state index in [0.717, 1.165) is 49.1 Å². The Kier molecular flexibility index (Phi) is 5.08. The number of halogens is 1. The fourth-order valence-corrected chi connectivity index (χ4v) is 2.88. The molecule has 1 aromatic carbocycles. The van der Waals surface area contributed by atoms with Gasteiger partial charge in [0, 0.05) is 43.3 Å². The molecular formula is C15H23ClN2O. The summed E-state index contributed by atoms with van der Waals surface area (Å²) >= 11 is 6.38. The molecule has 4 heteroatoms. The van der Waals surface area contributed by atoms with Gasteiger partial charge in [-0.3, -0.25) is 4.90 Å². The fourth-order valence-electron chi connectivity index (χ4n) is 2.48. The van der Waals surface area contributed by atoms with Gasteiger partial charge in [-0.2, -0.15) is 0 Å². The SMILES string of the molecule is COc1cc(C(C)C)c(Cl)cc1CN1CCNCC1. The van der Waals surface area contributed by atoms with Crippen LogP contribution in [-0.4, -0.2) is 38.2 Å². The molecule has 0 spiro atoms. The maximum Gasteiger partial charge on any atom is 0.123 e. The third-order valence-corrected chi connectivity index (χ3v) is 3.95. The van der Waals surface area contributed by atoms with Crippen molar-refractivity contribution in [3.05, 3.63) is 28.3 Å². The minimum atomic E-state index is 0.412. The van der Waals surface area contributed by atoms with Gasteiger partial charge in [0.15, 0.2) is 0 Å². The Bertz CT molecular complexity index is 428. The molecule has 0 bridgehead atoms. The number of methoxy groups -OCH3 is 1. The predicted molar refractivity (Wildman–Crippen MR) is 80.2 cm³/mol. The van der Waals surface area contributed by atoms with Gasteiger partial charge in [-0.1, -0.05) is 25.4 Å². The van der Waals surface area contributed by atoms with Crippen LogP contribution in [0.15, 0.2) is 12.1 Å². The molecule has 0 atom stereocenters. The smallest absolute Gasteiger partial charge is 0.123 e. The summed E-state index contributed by atoms with van der Waals surface area (Å²) < 4.78 is 5.53. The van der Waals surface area contributed by atoms with E-state index in [2.05, 4.69) is 36.2 Å². The lowest BCUT2D eigenvalue weighted by atomic mass is 10.0. The quantitative estimate of drug-likeness (QED) is 0.919. The molecular weight excluding hydrogens is 260 g/mol. The third-order valence-electron chi connectivity index (χ3n) is 3.63. The lowest BCUT2D eigenvalue weighted by molar-refractivity contribution is 0.230. The van der Waals surface area contributed by atoms with Crippen LogP contribution in [-0.2, 0) is 6.54 Å². The fraction of sp³-hybridized carbons (Fsp3) is 0.600. The number of hydrogen-bond donors (Lipinski definition) is 1. The summed E-state index contributed by atoms with van der Waals surface area (Å²) in [5.41, 5.74) is 2.33. The molecule has 0 radical (unpaired) electrons. The molecule has 0 saturated carbocycles. The molecule has 3 nitrogen and oxygen atoms in total. The molecule has 106 valence electrons. The maximum atomic E-state index is 6.38. The molecule has 19 heavy (non-hydrogen) atoms. The van der Waals surface area contributed by atoms with Gasteiger partial charge in [0.05, 0.1) is 7.11 Å². The molecule has 1 fully saturated rings. The van der Waals surface area contributed by atoms with Crippen LogP contribution in [0.4, 0.5) is 0 Å². The summed E-state index contributed by atoms with van der Waals surface area (Å²) in [6.45, 7) is 9.47. The molecule has 1 N–H and O–H groups in total. The Labute approximate surface area is 120 Å². The van der Waals surface area contributed by atoms with E-state index >= 15 is 0 Å². The van der Waals surface area contributed by atoms with Crippen molar-refractivity contribution < 1.29 is 4.74 Å². The Morgan fingerprint density at radius 2 is 2.00 bits per heavy atom. The number of ether oxygens (including phenoxy) is 1. The Balaban J connectivity index is 2.21. The van der Waals surface area contributed by atoms with Crippen molar-refractivity contribution in [2.75, 3.05) is 33.3 Å². The summed E-state index contributed by atoms with van der Waals surface area (Å²) in [6.07, 6.45) is 0. The zero-order chi connectivity index (χ0) is 13.8. The zero-order valence-electron chi connectivity index (χ0n) is 12.0. The molecule has 1 heterocycles. The third kappa shape index (κ3) is 3.62. The average molecular weight is 283 g/mol. The van der Waals surface area contributed by atoms with Crippen molar-refractivity contribution in [2.24, 2.45) is 0 Å². The first kappa shape index (κ1) is 14.6. The van der Waals surface area contributed by atoms with Gasteiger partial charge in [0.2, 0.25) is 0 Å². The van der Waals surface area contributed by atoms with E-state index < -0.39 is 0 Å². The second-order valence-electron chi connectivity index (χ2n) is 5.37. The van der Waals surface area contributed by atoms with Crippen molar-refractivity contribution in [1.82, 2.24) is 10.2 Å². The zero-order valence-corrected chi connectivity index (χ0v) is 12.8. The topological polar surface area (TPSA) is 24.5 Å². The number of benzene rings is 1. The van der Waals surface area contributed by atoms with Crippen LogP contribution in [0.3, 0.4) is 0 Å². The number of nitrogens with zero attached hydrogens (tertiary/aromatic N) is 1. The minimum absolute atomic E-state index is 0.412. The molecule has 1 saturated heterocycles. The van der Waals surface area contributed by atoms with Crippen molar-refractivity contribution in [3.63, 3.8) is 0 Å². The average Bonchev–Trinajstić information content (AvgIpc) is 2.39. The highest BCUT2D eigenvalue weighted by molar-refractivity contribution is 6.31. The van der Waals surface area contributed by atoms with E-state index in [9.17, 15) is 0 Å². The van der Waals surface area contributed by atoms with E-state index in [4.69, 9.17) is 16.3 Å². The normalized spacial score (nSPS) is 16.9. The van der Waals surface area contributed by atoms with Gasteiger partial charge in [0.25, 0.3) is 0 Å². The van der Waals surface area contributed by atoms with Crippen molar-refractivity contribution in [2.45, 2.75) is 26.3 Å². The summed E-state index contributed by atoms with van der Waals surface area (Å²) in [4.78, 5) is 2.43. The molecule has 0 aliphatic carbocycles. The lowest BCUT2D eigenvalue weighted by Crippen LogP contribution is -2.42. The minimum Gasteiger partial charge on any atom is -0.496 e. The highest BCUT2D eigenvalue weighted by Crippen LogP contribution is 2.32. The molecule has 2 rings (SSSR count). The summed E-state index contributed by atoms with van der Waals surface area (Å²) in [5, 5.41) is 4.21. The predicted octanol–water partition coefficient (Wildman–Crippen LogP) is 2.88. The van der Waals surface area contributed by atoms with E-state index in [-0.39, 0.29) is 0 Å². The van der Waals surface area contributed by atoms with Gasteiger partial charge in [-0.05, 0) is 23.6 Å². The number of hydrogen-bond acceptors (Lipinski definition) is 3. The van der Waals surface area contributed by atoms with Crippen LogP contribution < -0.4 is 10.1 Å². The molecule has 0 unspecified atom stereocenters. The van der Waals surface area contributed by atoms with E-state index in [0.29, 0.717) is 5.92 Å². The van der Waals surface area contributed by atoms with Crippen molar-refractivity contribution in [3.8, 4) is 5.75 Å². The molecule has 1 aliphatic rings.